The number of fused-ring (bicyclic) bond motifs is 1. The van der Waals surface area contributed by atoms with Crippen molar-refractivity contribution in [2.45, 2.75) is 12.8 Å². The Labute approximate surface area is 152 Å². The van der Waals surface area contributed by atoms with E-state index in [9.17, 15) is 13.6 Å². The van der Waals surface area contributed by atoms with Crippen LogP contribution in [0.5, 0.6) is 0 Å². The summed E-state index contributed by atoms with van der Waals surface area (Å²) in [5, 5.41) is 3.84. The summed E-state index contributed by atoms with van der Waals surface area (Å²) >= 11 is 11.9. The zero-order valence-electron chi connectivity index (χ0n) is 12.8. The Kier molecular flexibility index (Phi) is 5.20. The van der Waals surface area contributed by atoms with Gasteiger partial charge < -0.3 is 10.3 Å². The summed E-state index contributed by atoms with van der Waals surface area (Å²) in [6, 6.07) is 9.77. The molecule has 3 rings (SSSR count). The van der Waals surface area contributed by atoms with Gasteiger partial charge in [-0.15, -0.1) is 0 Å². The molecule has 0 bridgehead atoms. The lowest BCUT2D eigenvalue weighted by atomic mass is 10.1. The van der Waals surface area contributed by atoms with E-state index in [0.717, 1.165) is 5.56 Å². The molecule has 0 aliphatic rings. The summed E-state index contributed by atoms with van der Waals surface area (Å²) in [6.45, 7) is 0.388. The molecular weight excluding hydrogens is 371 g/mol. The van der Waals surface area contributed by atoms with Crippen LogP contribution >= 0.6 is 23.2 Å². The molecule has 0 atom stereocenters. The van der Waals surface area contributed by atoms with Gasteiger partial charge >= 0.3 is 0 Å². The van der Waals surface area contributed by atoms with Gasteiger partial charge in [0.15, 0.2) is 5.82 Å². The number of hydrogen-bond donors (Lipinski definition) is 2. The van der Waals surface area contributed by atoms with E-state index >= 15 is 0 Å². The third-order valence-corrected chi connectivity index (χ3v) is 4.03. The Morgan fingerprint density at radius 2 is 1.88 bits per heavy atom. The van der Waals surface area contributed by atoms with E-state index in [-0.39, 0.29) is 5.91 Å². The molecule has 3 aromatic rings. The zero-order valence-corrected chi connectivity index (χ0v) is 14.3. The third-order valence-electron chi connectivity index (χ3n) is 3.59. The third kappa shape index (κ3) is 4.27. The van der Waals surface area contributed by atoms with Crippen molar-refractivity contribution in [1.82, 2.24) is 15.3 Å². The van der Waals surface area contributed by atoms with Crippen LogP contribution in [0.3, 0.4) is 0 Å². The number of aromatic nitrogens is 2. The molecule has 0 fully saturated rings. The molecular formula is C17H13Cl2F2N3O. The fourth-order valence-electron chi connectivity index (χ4n) is 2.45. The van der Waals surface area contributed by atoms with E-state index in [2.05, 4.69) is 15.3 Å². The predicted molar refractivity (Wildman–Crippen MR) is 93.5 cm³/mol. The maximum absolute atomic E-state index is 12.7. The van der Waals surface area contributed by atoms with Crippen molar-refractivity contribution in [2.75, 3.05) is 6.54 Å². The fraction of sp³-hybridized carbons (Fsp3) is 0.176. The molecule has 1 heterocycles. The van der Waals surface area contributed by atoms with Gasteiger partial charge in [-0.2, -0.15) is 0 Å². The van der Waals surface area contributed by atoms with Crippen molar-refractivity contribution < 1.29 is 13.6 Å². The Bertz CT molecular complexity index is 907. The van der Waals surface area contributed by atoms with E-state index < -0.39 is 12.2 Å². The lowest BCUT2D eigenvalue weighted by Crippen LogP contribution is -2.25. The lowest BCUT2D eigenvalue weighted by molar-refractivity contribution is 0.0954. The van der Waals surface area contributed by atoms with Crippen molar-refractivity contribution in [3.63, 3.8) is 0 Å². The number of carbonyl (C=O) groups excluding carboxylic acids is 1. The van der Waals surface area contributed by atoms with Crippen LogP contribution < -0.4 is 5.32 Å². The van der Waals surface area contributed by atoms with Crippen molar-refractivity contribution in [3.8, 4) is 0 Å². The summed E-state index contributed by atoms with van der Waals surface area (Å²) < 4.78 is 25.3. The maximum atomic E-state index is 12.7. The highest BCUT2D eigenvalue weighted by Crippen LogP contribution is 2.21. The average Bonchev–Trinajstić information content (AvgIpc) is 2.97. The largest absolute Gasteiger partial charge is 0.352 e. The molecule has 0 radical (unpaired) electrons. The van der Waals surface area contributed by atoms with Gasteiger partial charge in [0, 0.05) is 22.2 Å². The number of hydrogen-bond acceptors (Lipinski definition) is 2. The minimum absolute atomic E-state index is 0.303. The van der Waals surface area contributed by atoms with Crippen molar-refractivity contribution in [3.05, 3.63) is 63.4 Å². The van der Waals surface area contributed by atoms with E-state index in [1.165, 1.54) is 12.1 Å². The summed E-state index contributed by atoms with van der Waals surface area (Å²) in [5.74, 6) is -0.714. The van der Waals surface area contributed by atoms with Crippen LogP contribution in [0.25, 0.3) is 11.0 Å². The molecule has 25 heavy (non-hydrogen) atoms. The summed E-state index contributed by atoms with van der Waals surface area (Å²) in [6.07, 6.45) is -2.12. The highest BCUT2D eigenvalue weighted by molar-refractivity contribution is 6.34. The van der Waals surface area contributed by atoms with Gasteiger partial charge in [0.1, 0.15) is 0 Å². The molecule has 0 aliphatic carbocycles. The summed E-state index contributed by atoms with van der Waals surface area (Å²) in [7, 11) is 0. The van der Waals surface area contributed by atoms with Crippen LogP contribution in [-0.4, -0.2) is 22.4 Å². The molecule has 130 valence electrons. The highest BCUT2D eigenvalue weighted by atomic mass is 35.5. The molecule has 0 saturated heterocycles. The highest BCUT2D eigenvalue weighted by Gasteiger charge is 2.14. The number of H-pyrrole nitrogens is 1. The predicted octanol–water partition coefficient (Wildman–Crippen LogP) is 4.78. The molecule has 8 heteroatoms. The van der Waals surface area contributed by atoms with Gasteiger partial charge in [0.2, 0.25) is 0 Å². The fourth-order valence-corrected chi connectivity index (χ4v) is 3.02. The molecule has 0 spiro atoms. The van der Waals surface area contributed by atoms with E-state index in [1.54, 1.807) is 24.3 Å². The first-order valence-corrected chi connectivity index (χ1v) is 8.19. The number of halogens is 4. The Morgan fingerprint density at radius 3 is 2.56 bits per heavy atom. The van der Waals surface area contributed by atoms with Gasteiger partial charge in [-0.1, -0.05) is 23.2 Å². The van der Waals surface area contributed by atoms with Crippen LogP contribution in [0, 0.1) is 0 Å². The number of aromatic amines is 1. The molecule has 4 nitrogen and oxygen atoms in total. The number of benzene rings is 2. The monoisotopic (exact) mass is 383 g/mol. The molecule has 2 N–H and O–H groups in total. The SMILES string of the molecule is O=C(NCCc1cc(Cl)cc(Cl)c1)c1ccc2nc(C(F)F)[nH]c2c1. The summed E-state index contributed by atoms with van der Waals surface area (Å²) in [5.41, 5.74) is 2.05. The van der Waals surface area contributed by atoms with Gasteiger partial charge in [-0.25, -0.2) is 13.8 Å². The van der Waals surface area contributed by atoms with E-state index in [4.69, 9.17) is 23.2 Å². The standard InChI is InChI=1S/C17H13Cl2F2N3O/c18-11-5-9(6-12(19)8-11)3-4-22-17(25)10-1-2-13-14(7-10)24-16(23-13)15(20)21/h1-2,5-8,15H,3-4H2,(H,22,25)(H,23,24). The van der Waals surface area contributed by atoms with E-state index in [1.807, 2.05) is 0 Å². The second-order valence-corrected chi connectivity index (χ2v) is 6.31. The van der Waals surface area contributed by atoms with Crippen molar-refractivity contribution >= 4 is 40.1 Å². The number of nitrogens with one attached hydrogen (secondary N) is 2. The number of imidazole rings is 1. The zero-order chi connectivity index (χ0) is 18.0. The second-order valence-electron chi connectivity index (χ2n) is 5.44. The molecule has 2 aromatic carbocycles. The lowest BCUT2D eigenvalue weighted by Gasteiger charge is -2.06. The topological polar surface area (TPSA) is 57.8 Å². The first kappa shape index (κ1) is 17.6. The van der Waals surface area contributed by atoms with Crippen LogP contribution in [0.4, 0.5) is 8.78 Å². The van der Waals surface area contributed by atoms with Crippen molar-refractivity contribution in [2.24, 2.45) is 0 Å². The Hall–Kier alpha value is -2.18. The van der Waals surface area contributed by atoms with Crippen molar-refractivity contribution in [1.29, 1.82) is 0 Å². The van der Waals surface area contributed by atoms with Gasteiger partial charge in [-0.3, -0.25) is 4.79 Å². The molecule has 0 saturated carbocycles. The normalized spacial score (nSPS) is 11.2. The number of rotatable bonds is 5. The smallest absolute Gasteiger partial charge is 0.295 e. The molecule has 0 aliphatic heterocycles. The number of alkyl halides is 2. The van der Waals surface area contributed by atoms with Crippen LogP contribution in [0.1, 0.15) is 28.2 Å². The van der Waals surface area contributed by atoms with Crippen LogP contribution in [0.2, 0.25) is 10.0 Å². The van der Waals surface area contributed by atoms with Crippen LogP contribution in [-0.2, 0) is 6.42 Å². The summed E-state index contributed by atoms with van der Waals surface area (Å²) in [4.78, 5) is 18.5. The quantitative estimate of drug-likeness (QED) is 0.665. The second kappa shape index (κ2) is 7.37. The van der Waals surface area contributed by atoms with Crippen LogP contribution in [0.15, 0.2) is 36.4 Å². The Morgan fingerprint density at radius 1 is 1.16 bits per heavy atom. The first-order chi connectivity index (χ1) is 11.9. The molecule has 0 unspecified atom stereocenters. The molecule has 1 aromatic heterocycles. The maximum Gasteiger partial charge on any atom is 0.295 e. The van der Waals surface area contributed by atoms with Gasteiger partial charge in [-0.05, 0) is 48.4 Å². The number of carbonyl (C=O) groups is 1. The van der Waals surface area contributed by atoms with E-state index in [0.29, 0.717) is 39.6 Å². The van der Waals surface area contributed by atoms with Gasteiger partial charge in [0.25, 0.3) is 12.3 Å². The molecule has 1 amide bonds. The Balaban J connectivity index is 1.65. The average molecular weight is 384 g/mol. The van der Waals surface area contributed by atoms with Gasteiger partial charge in [0.05, 0.1) is 11.0 Å². The number of nitrogens with zero attached hydrogens (tertiary/aromatic N) is 1. The first-order valence-electron chi connectivity index (χ1n) is 7.43. The minimum Gasteiger partial charge on any atom is -0.352 e. The number of amides is 1. The minimum atomic E-state index is -2.69.